The van der Waals surface area contributed by atoms with E-state index in [-0.39, 0.29) is 11.4 Å². The molecular formula is C14H14N4S. The molecule has 2 saturated carbocycles. The summed E-state index contributed by atoms with van der Waals surface area (Å²) in [5, 5.41) is 19.3. The van der Waals surface area contributed by atoms with Crippen molar-refractivity contribution < 1.29 is 0 Å². The molecule has 1 aromatic heterocycles. The molecule has 0 saturated heterocycles. The Morgan fingerprint density at radius 3 is 2.47 bits per heavy atom. The normalized spacial score (nSPS) is 20.1. The molecule has 2 aliphatic rings. The molecule has 4 nitrogen and oxygen atoms in total. The van der Waals surface area contributed by atoms with Crippen LogP contribution in [-0.4, -0.2) is 10.2 Å². The first-order valence-electron chi connectivity index (χ1n) is 6.43. The number of nitrogens with zero attached hydrogens (tertiary/aromatic N) is 3. The van der Waals surface area contributed by atoms with E-state index in [0.29, 0.717) is 21.3 Å². The summed E-state index contributed by atoms with van der Waals surface area (Å²) in [5.74, 6) is 0.224. The molecule has 1 aromatic rings. The van der Waals surface area contributed by atoms with Crippen molar-refractivity contribution in [1.82, 2.24) is 4.98 Å². The predicted octanol–water partition coefficient (Wildman–Crippen LogP) is 2.83. The number of hydrogen-bond donors (Lipinski definition) is 1. The lowest BCUT2D eigenvalue weighted by Gasteiger charge is -2.53. The van der Waals surface area contributed by atoms with Gasteiger partial charge in [0.05, 0.1) is 11.1 Å². The largest absolute Gasteiger partial charge is 0.383 e. The lowest BCUT2D eigenvalue weighted by atomic mass is 9.56. The van der Waals surface area contributed by atoms with Crippen LogP contribution in [-0.2, 0) is 0 Å². The molecule has 1 spiro atoms. The number of hydrogen-bond acceptors (Lipinski definition) is 5. The summed E-state index contributed by atoms with van der Waals surface area (Å²) in [6, 6.07) is 5.62. The summed E-state index contributed by atoms with van der Waals surface area (Å²) in [5.41, 5.74) is 7.08. The molecule has 19 heavy (non-hydrogen) atoms. The third-order valence-electron chi connectivity index (χ3n) is 4.27. The molecule has 3 rings (SSSR count). The average molecular weight is 270 g/mol. The minimum atomic E-state index is 0.224. The van der Waals surface area contributed by atoms with Crippen molar-refractivity contribution >= 4 is 17.6 Å². The lowest BCUT2D eigenvalue weighted by Crippen LogP contribution is -2.44. The Balaban J connectivity index is 1.76. The van der Waals surface area contributed by atoms with Crippen LogP contribution in [0.25, 0.3) is 0 Å². The summed E-state index contributed by atoms with van der Waals surface area (Å²) in [7, 11) is 0. The van der Waals surface area contributed by atoms with Gasteiger partial charge in [0, 0.05) is 5.25 Å². The van der Waals surface area contributed by atoms with Gasteiger partial charge in [-0.05, 0) is 37.2 Å². The highest BCUT2D eigenvalue weighted by Crippen LogP contribution is 2.59. The van der Waals surface area contributed by atoms with Crippen molar-refractivity contribution in [3.05, 3.63) is 17.2 Å². The van der Waals surface area contributed by atoms with Crippen LogP contribution in [0.2, 0.25) is 0 Å². The summed E-state index contributed by atoms with van der Waals surface area (Å²) >= 11 is 1.64. The number of thioether (sulfide) groups is 1. The average Bonchev–Trinajstić information content (AvgIpc) is 2.31. The molecule has 0 amide bonds. The van der Waals surface area contributed by atoms with Gasteiger partial charge in [-0.25, -0.2) is 4.98 Å². The summed E-state index contributed by atoms with van der Waals surface area (Å²) < 4.78 is 0. The molecule has 0 bridgehead atoms. The van der Waals surface area contributed by atoms with Gasteiger partial charge in [0.15, 0.2) is 0 Å². The zero-order chi connectivity index (χ0) is 13.5. The smallest absolute Gasteiger partial charge is 0.142 e. The SMILES string of the molecule is N#Cc1cc(C#N)c(SC2CC3(CCC3)C2)nc1N. The van der Waals surface area contributed by atoms with Gasteiger partial charge in [-0.1, -0.05) is 6.42 Å². The Kier molecular flexibility index (Phi) is 2.88. The fraction of sp³-hybridized carbons (Fsp3) is 0.500. The van der Waals surface area contributed by atoms with E-state index in [2.05, 4.69) is 11.1 Å². The van der Waals surface area contributed by atoms with E-state index < -0.39 is 0 Å². The monoisotopic (exact) mass is 270 g/mol. The first kappa shape index (κ1) is 12.3. The quantitative estimate of drug-likeness (QED) is 0.892. The summed E-state index contributed by atoms with van der Waals surface area (Å²) in [6.45, 7) is 0. The van der Waals surface area contributed by atoms with Crippen molar-refractivity contribution in [1.29, 1.82) is 10.5 Å². The van der Waals surface area contributed by atoms with Gasteiger partial charge in [0.2, 0.25) is 0 Å². The maximum atomic E-state index is 9.14. The summed E-state index contributed by atoms with van der Waals surface area (Å²) in [4.78, 5) is 4.22. The predicted molar refractivity (Wildman–Crippen MR) is 73.2 cm³/mol. The Labute approximate surface area is 116 Å². The van der Waals surface area contributed by atoms with Gasteiger partial charge in [0.1, 0.15) is 23.0 Å². The fourth-order valence-corrected chi connectivity index (χ4v) is 4.57. The number of nitrogen functional groups attached to an aromatic ring is 1. The van der Waals surface area contributed by atoms with Crippen LogP contribution in [0.15, 0.2) is 11.1 Å². The van der Waals surface area contributed by atoms with Crippen LogP contribution in [0.4, 0.5) is 5.82 Å². The van der Waals surface area contributed by atoms with Gasteiger partial charge in [-0.15, -0.1) is 11.8 Å². The van der Waals surface area contributed by atoms with Crippen LogP contribution in [0.1, 0.15) is 43.2 Å². The third kappa shape index (κ3) is 2.05. The molecular weight excluding hydrogens is 256 g/mol. The zero-order valence-electron chi connectivity index (χ0n) is 10.5. The van der Waals surface area contributed by atoms with Crippen molar-refractivity contribution in [2.45, 2.75) is 42.4 Å². The second kappa shape index (κ2) is 4.43. The van der Waals surface area contributed by atoms with Crippen molar-refractivity contribution in [2.24, 2.45) is 5.41 Å². The molecule has 2 aliphatic carbocycles. The van der Waals surface area contributed by atoms with Crippen LogP contribution in [0.5, 0.6) is 0 Å². The van der Waals surface area contributed by atoms with Crippen LogP contribution >= 0.6 is 11.8 Å². The molecule has 0 atom stereocenters. The number of aromatic nitrogens is 1. The highest BCUT2D eigenvalue weighted by Gasteiger charge is 2.48. The van der Waals surface area contributed by atoms with E-state index in [1.54, 1.807) is 17.8 Å². The van der Waals surface area contributed by atoms with Gasteiger partial charge in [-0.2, -0.15) is 10.5 Å². The van der Waals surface area contributed by atoms with Gasteiger partial charge < -0.3 is 5.73 Å². The standard InChI is InChI=1S/C14H14N4S/c15-7-9-4-10(8-16)13(18-12(9)17)19-11-5-14(6-11)2-1-3-14/h4,11H,1-3,5-6H2,(H2,17,18). The van der Waals surface area contributed by atoms with Gasteiger partial charge in [-0.3, -0.25) is 0 Å². The molecule has 0 unspecified atom stereocenters. The van der Waals surface area contributed by atoms with Gasteiger partial charge in [0.25, 0.3) is 0 Å². The van der Waals surface area contributed by atoms with Crippen molar-refractivity contribution in [3.8, 4) is 12.1 Å². The minimum absolute atomic E-state index is 0.224. The topological polar surface area (TPSA) is 86.5 Å². The number of nitrogens with two attached hydrogens (primary N) is 1. The minimum Gasteiger partial charge on any atom is -0.383 e. The van der Waals surface area contributed by atoms with Gasteiger partial charge >= 0.3 is 0 Å². The Hall–Kier alpha value is -1.72. The highest BCUT2D eigenvalue weighted by molar-refractivity contribution is 8.00. The third-order valence-corrected chi connectivity index (χ3v) is 5.47. The van der Waals surface area contributed by atoms with Crippen molar-refractivity contribution in [3.63, 3.8) is 0 Å². The number of anilines is 1. The Bertz CT molecular complexity index is 599. The van der Waals surface area contributed by atoms with Crippen LogP contribution in [0.3, 0.4) is 0 Å². The van der Waals surface area contributed by atoms with E-state index in [4.69, 9.17) is 16.3 Å². The number of rotatable bonds is 2. The Morgan fingerprint density at radius 2 is 1.95 bits per heavy atom. The van der Waals surface area contributed by atoms with E-state index in [0.717, 1.165) is 0 Å². The maximum absolute atomic E-state index is 9.14. The molecule has 2 fully saturated rings. The molecule has 0 aliphatic heterocycles. The molecule has 0 aromatic carbocycles. The lowest BCUT2D eigenvalue weighted by molar-refractivity contribution is 0.0381. The second-order valence-corrected chi connectivity index (χ2v) is 6.79. The highest BCUT2D eigenvalue weighted by atomic mass is 32.2. The first-order valence-corrected chi connectivity index (χ1v) is 7.31. The van der Waals surface area contributed by atoms with E-state index >= 15 is 0 Å². The number of nitriles is 2. The fourth-order valence-electron chi connectivity index (χ4n) is 3.00. The molecule has 2 N–H and O–H groups in total. The summed E-state index contributed by atoms with van der Waals surface area (Å²) in [6.07, 6.45) is 6.54. The first-order chi connectivity index (χ1) is 9.15. The molecule has 5 heteroatoms. The van der Waals surface area contributed by atoms with Crippen LogP contribution in [0, 0.1) is 28.1 Å². The maximum Gasteiger partial charge on any atom is 0.142 e. The van der Waals surface area contributed by atoms with Crippen molar-refractivity contribution in [2.75, 3.05) is 5.73 Å². The van der Waals surface area contributed by atoms with E-state index in [9.17, 15) is 0 Å². The second-order valence-electron chi connectivity index (χ2n) is 5.50. The molecule has 96 valence electrons. The molecule has 1 heterocycles. The number of pyridine rings is 1. The Morgan fingerprint density at radius 1 is 1.26 bits per heavy atom. The van der Waals surface area contributed by atoms with E-state index in [1.165, 1.54) is 32.1 Å². The molecule has 0 radical (unpaired) electrons. The van der Waals surface area contributed by atoms with Crippen LogP contribution < -0.4 is 5.73 Å². The zero-order valence-corrected chi connectivity index (χ0v) is 11.3. The van der Waals surface area contributed by atoms with E-state index in [1.807, 2.05) is 6.07 Å².